The molecule has 0 saturated carbocycles. The summed E-state index contributed by atoms with van der Waals surface area (Å²) in [5, 5.41) is 18.2. The van der Waals surface area contributed by atoms with E-state index in [9.17, 15) is 9.59 Å². The van der Waals surface area contributed by atoms with Crippen molar-refractivity contribution in [1.29, 1.82) is 10.5 Å². The van der Waals surface area contributed by atoms with E-state index in [0.717, 1.165) is 11.3 Å². The fourth-order valence-electron chi connectivity index (χ4n) is 2.20. The van der Waals surface area contributed by atoms with Crippen LogP contribution in [-0.4, -0.2) is 23.3 Å². The minimum absolute atomic E-state index is 0.292. The zero-order valence-corrected chi connectivity index (χ0v) is 10.9. The summed E-state index contributed by atoms with van der Waals surface area (Å²) in [6.45, 7) is 5.50. The number of likely N-dealkylation sites (tertiary alicyclic amines) is 1. The molecule has 1 saturated heterocycles. The number of imide groups is 1. The van der Waals surface area contributed by atoms with E-state index in [1.165, 1.54) is 0 Å². The quantitative estimate of drug-likeness (QED) is 0.706. The van der Waals surface area contributed by atoms with Gasteiger partial charge in [-0.2, -0.15) is 10.5 Å². The van der Waals surface area contributed by atoms with Crippen LogP contribution in [0.2, 0.25) is 0 Å². The van der Waals surface area contributed by atoms with Gasteiger partial charge in [-0.05, 0) is 6.42 Å². The van der Waals surface area contributed by atoms with Crippen LogP contribution in [0.3, 0.4) is 0 Å². The number of unbranched alkanes of at least 4 members (excludes halogenated alkanes) is 1. The van der Waals surface area contributed by atoms with Gasteiger partial charge in [0.1, 0.15) is 11.8 Å². The lowest BCUT2D eigenvalue weighted by molar-refractivity contribution is -0.159. The number of nitriles is 2. The molecule has 0 bridgehead atoms. The maximum absolute atomic E-state index is 12.1. The fraction of sp³-hybridized carbons (Fsp3) is 0.692. The van der Waals surface area contributed by atoms with Crippen LogP contribution in [0.1, 0.15) is 33.6 Å². The largest absolute Gasteiger partial charge is 0.280 e. The van der Waals surface area contributed by atoms with E-state index in [2.05, 4.69) is 0 Å². The molecule has 0 spiro atoms. The summed E-state index contributed by atoms with van der Waals surface area (Å²) in [7, 11) is 0. The van der Waals surface area contributed by atoms with Crippen LogP contribution in [0.5, 0.6) is 0 Å². The number of amides is 2. The number of hydrogen-bond donors (Lipinski definition) is 0. The van der Waals surface area contributed by atoms with Crippen LogP contribution >= 0.6 is 0 Å². The van der Waals surface area contributed by atoms with E-state index in [4.69, 9.17) is 10.5 Å². The lowest BCUT2D eigenvalue weighted by atomic mass is 9.66. The number of carbonyl (C=O) groups excluding carboxylic acids is 2. The second-order valence-electron chi connectivity index (χ2n) is 5.13. The van der Waals surface area contributed by atoms with Gasteiger partial charge in [-0.3, -0.25) is 14.5 Å². The number of rotatable bonds is 3. The number of carbonyl (C=O) groups is 2. The highest BCUT2D eigenvalue weighted by Gasteiger charge is 2.53. The molecule has 2 atom stereocenters. The van der Waals surface area contributed by atoms with Crippen molar-refractivity contribution in [2.24, 2.45) is 17.3 Å². The van der Waals surface area contributed by atoms with E-state index in [-0.39, 0.29) is 0 Å². The third-order valence-electron chi connectivity index (χ3n) is 3.51. The van der Waals surface area contributed by atoms with E-state index in [0.29, 0.717) is 13.0 Å². The summed E-state index contributed by atoms with van der Waals surface area (Å²) in [5.41, 5.74) is -0.930. The summed E-state index contributed by atoms with van der Waals surface area (Å²) >= 11 is 0. The van der Waals surface area contributed by atoms with E-state index in [1.807, 2.05) is 19.1 Å². The third kappa shape index (κ3) is 2.09. The lowest BCUT2D eigenvalue weighted by Gasteiger charge is -2.41. The van der Waals surface area contributed by atoms with E-state index in [1.54, 1.807) is 13.8 Å². The summed E-state index contributed by atoms with van der Waals surface area (Å²) < 4.78 is 0. The predicted molar refractivity (Wildman–Crippen MR) is 63.6 cm³/mol. The molecule has 1 rings (SSSR count). The van der Waals surface area contributed by atoms with Gasteiger partial charge in [-0.1, -0.05) is 27.2 Å². The summed E-state index contributed by atoms with van der Waals surface area (Å²) in [6, 6.07) is 3.88. The molecule has 5 heteroatoms. The molecule has 1 aliphatic heterocycles. The van der Waals surface area contributed by atoms with Crippen molar-refractivity contribution in [1.82, 2.24) is 4.90 Å². The van der Waals surface area contributed by atoms with Crippen molar-refractivity contribution in [3.05, 3.63) is 0 Å². The molecule has 0 aliphatic carbocycles. The fourth-order valence-corrected chi connectivity index (χ4v) is 2.20. The molecular weight excluding hydrogens is 230 g/mol. The molecule has 1 heterocycles. The molecule has 2 amide bonds. The molecule has 96 valence electrons. The van der Waals surface area contributed by atoms with E-state index >= 15 is 0 Å². The Kier molecular flexibility index (Phi) is 4.08. The first kappa shape index (κ1) is 14.2. The van der Waals surface area contributed by atoms with Crippen molar-refractivity contribution in [3.8, 4) is 12.1 Å². The first-order valence-corrected chi connectivity index (χ1v) is 6.06. The molecular formula is C13H17N3O2. The Balaban J connectivity index is 3.13. The van der Waals surface area contributed by atoms with Gasteiger partial charge in [-0.25, -0.2) is 0 Å². The van der Waals surface area contributed by atoms with Crippen LogP contribution in [0.15, 0.2) is 0 Å². The Bertz CT molecular complexity index is 406. The maximum Gasteiger partial charge on any atom is 0.247 e. The average molecular weight is 247 g/mol. The molecule has 1 aliphatic rings. The Morgan fingerprint density at radius 2 is 1.61 bits per heavy atom. The van der Waals surface area contributed by atoms with Gasteiger partial charge in [0, 0.05) is 12.0 Å². The average Bonchev–Trinajstić information content (AvgIpc) is 2.29. The number of hydrogen-bond acceptors (Lipinski definition) is 4. The molecule has 5 nitrogen and oxygen atoms in total. The van der Waals surface area contributed by atoms with Gasteiger partial charge in [0.25, 0.3) is 0 Å². The monoisotopic (exact) mass is 247 g/mol. The maximum atomic E-state index is 12.1. The van der Waals surface area contributed by atoms with Gasteiger partial charge in [0.15, 0.2) is 0 Å². The molecule has 0 aromatic heterocycles. The van der Waals surface area contributed by atoms with Crippen LogP contribution in [0, 0.1) is 39.9 Å². The SMILES string of the molecule is CCCCN1C(=O)C(C#N)C(C)(C)C(C#N)C1=O. The molecule has 0 N–H and O–H groups in total. The smallest absolute Gasteiger partial charge is 0.247 e. The second kappa shape index (κ2) is 5.18. The zero-order valence-electron chi connectivity index (χ0n) is 10.9. The molecule has 2 unspecified atom stereocenters. The van der Waals surface area contributed by atoms with Crippen molar-refractivity contribution in [2.75, 3.05) is 6.54 Å². The Morgan fingerprint density at radius 3 is 1.94 bits per heavy atom. The van der Waals surface area contributed by atoms with Gasteiger partial charge < -0.3 is 0 Å². The molecule has 0 aromatic carbocycles. The van der Waals surface area contributed by atoms with Crippen LogP contribution in [0.25, 0.3) is 0 Å². The van der Waals surface area contributed by atoms with Crippen molar-refractivity contribution >= 4 is 11.8 Å². The predicted octanol–water partition coefficient (Wildman–Crippen LogP) is 1.46. The second-order valence-corrected chi connectivity index (χ2v) is 5.13. The van der Waals surface area contributed by atoms with Crippen molar-refractivity contribution in [3.63, 3.8) is 0 Å². The third-order valence-corrected chi connectivity index (χ3v) is 3.51. The normalized spacial score (nSPS) is 26.6. The lowest BCUT2D eigenvalue weighted by Crippen LogP contribution is -2.57. The summed E-state index contributed by atoms with van der Waals surface area (Å²) in [6.07, 6.45) is 1.53. The highest BCUT2D eigenvalue weighted by molar-refractivity contribution is 6.03. The Morgan fingerprint density at radius 1 is 1.17 bits per heavy atom. The highest BCUT2D eigenvalue weighted by atomic mass is 16.2. The zero-order chi connectivity index (χ0) is 13.9. The molecule has 0 radical (unpaired) electrons. The van der Waals surface area contributed by atoms with Gasteiger partial charge in [0.2, 0.25) is 11.8 Å². The summed E-state index contributed by atoms with van der Waals surface area (Å²) in [4.78, 5) is 25.3. The van der Waals surface area contributed by atoms with Crippen LogP contribution in [-0.2, 0) is 9.59 Å². The molecule has 0 aromatic rings. The first-order valence-electron chi connectivity index (χ1n) is 6.06. The molecule has 18 heavy (non-hydrogen) atoms. The first-order chi connectivity index (χ1) is 8.41. The Hall–Kier alpha value is -1.88. The Labute approximate surface area is 107 Å². The number of nitrogens with zero attached hydrogens (tertiary/aromatic N) is 3. The number of piperidine rings is 1. The van der Waals surface area contributed by atoms with Crippen LogP contribution in [0.4, 0.5) is 0 Å². The highest BCUT2D eigenvalue weighted by Crippen LogP contribution is 2.41. The van der Waals surface area contributed by atoms with Crippen LogP contribution < -0.4 is 0 Å². The minimum atomic E-state index is -0.934. The molecule has 1 fully saturated rings. The summed E-state index contributed by atoms with van der Waals surface area (Å²) in [5.74, 6) is -2.80. The van der Waals surface area contributed by atoms with E-state index < -0.39 is 29.1 Å². The topological polar surface area (TPSA) is 85.0 Å². The van der Waals surface area contributed by atoms with Gasteiger partial charge in [0.05, 0.1) is 12.1 Å². The minimum Gasteiger partial charge on any atom is -0.280 e. The van der Waals surface area contributed by atoms with Gasteiger partial charge >= 0.3 is 0 Å². The van der Waals surface area contributed by atoms with Gasteiger partial charge in [-0.15, -0.1) is 0 Å². The standard InChI is InChI=1S/C13H17N3O2/c1-4-5-6-16-11(17)9(7-14)13(2,3)10(8-15)12(16)18/h9-10H,4-6H2,1-3H3. The van der Waals surface area contributed by atoms with Crippen molar-refractivity contribution < 1.29 is 9.59 Å². The van der Waals surface area contributed by atoms with Crippen molar-refractivity contribution in [2.45, 2.75) is 33.6 Å².